The third-order valence-corrected chi connectivity index (χ3v) is 3.71. The van der Waals surface area contributed by atoms with Crippen LogP contribution in [0.4, 0.5) is 10.1 Å². The van der Waals surface area contributed by atoms with E-state index in [0.717, 1.165) is 5.56 Å². The summed E-state index contributed by atoms with van der Waals surface area (Å²) in [4.78, 5) is 23.1. The van der Waals surface area contributed by atoms with Crippen LogP contribution < -0.4 is 20.5 Å². The molecule has 2 aromatic rings. The highest BCUT2D eigenvalue weighted by atomic mass is 19.1. The Morgan fingerprint density at radius 3 is 2.41 bits per heavy atom. The van der Waals surface area contributed by atoms with Gasteiger partial charge in [0.05, 0.1) is 14.2 Å². The van der Waals surface area contributed by atoms with E-state index in [1.807, 2.05) is 0 Å². The molecular weight excluding hydrogens is 355 g/mol. The van der Waals surface area contributed by atoms with Gasteiger partial charge in [-0.15, -0.1) is 0 Å². The van der Waals surface area contributed by atoms with Crippen molar-refractivity contribution < 1.29 is 28.2 Å². The Labute approximate surface area is 156 Å². The van der Waals surface area contributed by atoms with Gasteiger partial charge in [0, 0.05) is 18.2 Å². The summed E-state index contributed by atoms with van der Waals surface area (Å²) < 4.78 is 28.4. The van der Waals surface area contributed by atoms with Crippen LogP contribution in [0.5, 0.6) is 11.5 Å². The fourth-order valence-electron chi connectivity index (χ4n) is 2.42. The van der Waals surface area contributed by atoms with Crippen molar-refractivity contribution in [2.24, 2.45) is 5.73 Å². The van der Waals surface area contributed by atoms with E-state index in [1.54, 1.807) is 30.3 Å². The van der Waals surface area contributed by atoms with Crippen molar-refractivity contribution >= 4 is 17.6 Å². The van der Waals surface area contributed by atoms with Crippen molar-refractivity contribution in [3.63, 3.8) is 0 Å². The molecule has 2 aromatic carbocycles. The molecule has 0 unspecified atom stereocenters. The second-order valence-electron chi connectivity index (χ2n) is 5.67. The Morgan fingerprint density at radius 2 is 1.81 bits per heavy atom. The number of methoxy groups -OCH3 is 2. The number of rotatable bonds is 9. The Balaban J connectivity index is 2.20. The molecule has 1 atom stereocenters. The van der Waals surface area contributed by atoms with E-state index in [0.29, 0.717) is 17.2 Å². The van der Waals surface area contributed by atoms with E-state index in [2.05, 4.69) is 5.32 Å². The SMILES string of the molecule is COC(=O)[C@@H](Cc1ccc(F)cc1)Nc1ccc(OC)c(OCC(N)=O)c1. The molecule has 3 N–H and O–H groups in total. The molecule has 2 rings (SSSR count). The molecule has 144 valence electrons. The number of anilines is 1. The molecule has 0 heterocycles. The molecule has 0 bridgehead atoms. The molecule has 0 aromatic heterocycles. The number of nitrogens with one attached hydrogen (secondary N) is 1. The van der Waals surface area contributed by atoms with Crippen LogP contribution in [0.2, 0.25) is 0 Å². The fraction of sp³-hybridized carbons (Fsp3) is 0.263. The van der Waals surface area contributed by atoms with Crippen molar-refractivity contribution in [3.05, 3.63) is 53.8 Å². The molecule has 0 saturated heterocycles. The van der Waals surface area contributed by atoms with Crippen LogP contribution in [-0.4, -0.2) is 38.7 Å². The van der Waals surface area contributed by atoms with Crippen molar-refractivity contribution in [1.82, 2.24) is 0 Å². The molecule has 0 aliphatic rings. The number of hydrogen-bond donors (Lipinski definition) is 2. The summed E-state index contributed by atoms with van der Waals surface area (Å²) in [6.45, 7) is -0.310. The van der Waals surface area contributed by atoms with Gasteiger partial charge in [-0.25, -0.2) is 9.18 Å². The van der Waals surface area contributed by atoms with Gasteiger partial charge in [0.25, 0.3) is 5.91 Å². The summed E-state index contributed by atoms with van der Waals surface area (Å²) in [7, 11) is 2.75. The molecule has 7 nitrogen and oxygen atoms in total. The zero-order valence-corrected chi connectivity index (χ0v) is 15.0. The Bertz CT molecular complexity index is 795. The lowest BCUT2D eigenvalue weighted by atomic mass is 10.1. The predicted octanol–water partition coefficient (Wildman–Crippen LogP) is 1.89. The molecule has 0 radical (unpaired) electrons. The Hall–Kier alpha value is -3.29. The number of amides is 1. The number of nitrogens with two attached hydrogens (primary N) is 1. The van der Waals surface area contributed by atoms with Crippen molar-refractivity contribution in [2.45, 2.75) is 12.5 Å². The molecule has 0 saturated carbocycles. The maximum absolute atomic E-state index is 13.1. The maximum Gasteiger partial charge on any atom is 0.328 e. The first-order valence-corrected chi connectivity index (χ1v) is 8.11. The zero-order chi connectivity index (χ0) is 19.8. The normalized spacial score (nSPS) is 11.4. The van der Waals surface area contributed by atoms with E-state index in [1.165, 1.54) is 26.4 Å². The third kappa shape index (κ3) is 5.88. The lowest BCUT2D eigenvalue weighted by molar-refractivity contribution is -0.141. The predicted molar refractivity (Wildman–Crippen MR) is 97.2 cm³/mol. The van der Waals surface area contributed by atoms with Gasteiger partial charge in [0.1, 0.15) is 11.9 Å². The number of primary amides is 1. The van der Waals surface area contributed by atoms with Crippen molar-refractivity contribution in [2.75, 3.05) is 26.1 Å². The lowest BCUT2D eigenvalue weighted by Gasteiger charge is -2.19. The smallest absolute Gasteiger partial charge is 0.328 e. The van der Waals surface area contributed by atoms with E-state index in [4.69, 9.17) is 19.9 Å². The zero-order valence-electron chi connectivity index (χ0n) is 15.0. The molecule has 27 heavy (non-hydrogen) atoms. The van der Waals surface area contributed by atoms with Crippen LogP contribution in [-0.2, 0) is 20.7 Å². The summed E-state index contributed by atoms with van der Waals surface area (Å²) in [5.74, 6) is -0.747. The topological polar surface area (TPSA) is 99.9 Å². The molecule has 0 aliphatic heterocycles. The van der Waals surface area contributed by atoms with Gasteiger partial charge in [0.15, 0.2) is 18.1 Å². The van der Waals surface area contributed by atoms with E-state index in [9.17, 15) is 14.0 Å². The average Bonchev–Trinajstić information content (AvgIpc) is 2.67. The quantitative estimate of drug-likeness (QED) is 0.649. The number of carbonyl (C=O) groups excluding carboxylic acids is 2. The number of esters is 1. The van der Waals surface area contributed by atoms with Crippen molar-refractivity contribution in [3.8, 4) is 11.5 Å². The van der Waals surface area contributed by atoms with Gasteiger partial charge >= 0.3 is 5.97 Å². The van der Waals surface area contributed by atoms with E-state index >= 15 is 0 Å². The number of benzene rings is 2. The maximum atomic E-state index is 13.1. The summed E-state index contributed by atoms with van der Waals surface area (Å²) in [5.41, 5.74) is 6.41. The lowest BCUT2D eigenvalue weighted by Crippen LogP contribution is -2.32. The molecule has 0 spiro atoms. The summed E-state index contributed by atoms with van der Waals surface area (Å²) in [5, 5.41) is 3.05. The van der Waals surface area contributed by atoms with Crippen LogP contribution in [0.1, 0.15) is 5.56 Å². The van der Waals surface area contributed by atoms with Gasteiger partial charge in [-0.05, 0) is 29.8 Å². The summed E-state index contributed by atoms with van der Waals surface area (Å²) in [6, 6.07) is 10.0. The number of ether oxygens (including phenoxy) is 3. The first-order chi connectivity index (χ1) is 12.9. The average molecular weight is 376 g/mol. The first-order valence-electron chi connectivity index (χ1n) is 8.11. The van der Waals surface area contributed by atoms with Crippen molar-refractivity contribution in [1.29, 1.82) is 0 Å². The van der Waals surface area contributed by atoms with Gasteiger partial charge in [0.2, 0.25) is 0 Å². The van der Waals surface area contributed by atoms with E-state index < -0.39 is 17.9 Å². The van der Waals surface area contributed by atoms with Gasteiger partial charge < -0.3 is 25.3 Å². The molecule has 0 fully saturated rings. The third-order valence-electron chi connectivity index (χ3n) is 3.71. The molecule has 8 heteroatoms. The summed E-state index contributed by atoms with van der Waals surface area (Å²) >= 11 is 0. The minimum atomic E-state index is -0.710. The first kappa shape index (κ1) is 20.0. The Kier molecular flexibility index (Phi) is 6.99. The second kappa shape index (κ2) is 9.42. The number of halogens is 1. The van der Waals surface area contributed by atoms with Crippen LogP contribution in [0.25, 0.3) is 0 Å². The standard InChI is InChI=1S/C19H21FN2O5/c1-25-16-8-7-14(10-17(16)27-11-18(21)23)22-15(19(24)26-2)9-12-3-5-13(20)6-4-12/h3-8,10,15,22H,9,11H2,1-2H3,(H2,21,23)/t15-/m1/s1. The Morgan fingerprint density at radius 1 is 1.11 bits per heavy atom. The van der Waals surface area contributed by atoms with Crippen LogP contribution in [0, 0.1) is 5.82 Å². The highest BCUT2D eigenvalue weighted by Gasteiger charge is 2.20. The second-order valence-corrected chi connectivity index (χ2v) is 5.67. The van der Waals surface area contributed by atoms with Gasteiger partial charge in [-0.3, -0.25) is 4.79 Å². The molecule has 1 amide bonds. The largest absolute Gasteiger partial charge is 0.493 e. The highest BCUT2D eigenvalue weighted by molar-refractivity contribution is 5.80. The molecular formula is C19H21FN2O5. The van der Waals surface area contributed by atoms with Crippen LogP contribution in [0.15, 0.2) is 42.5 Å². The minimum Gasteiger partial charge on any atom is -0.493 e. The minimum absolute atomic E-state index is 0.288. The molecule has 0 aliphatic carbocycles. The number of hydrogen-bond acceptors (Lipinski definition) is 6. The summed E-state index contributed by atoms with van der Waals surface area (Å²) in [6.07, 6.45) is 0.288. The fourth-order valence-corrected chi connectivity index (χ4v) is 2.42. The van der Waals surface area contributed by atoms with Crippen LogP contribution in [0.3, 0.4) is 0 Å². The van der Waals surface area contributed by atoms with Gasteiger partial charge in [-0.1, -0.05) is 12.1 Å². The van der Waals surface area contributed by atoms with Gasteiger partial charge in [-0.2, -0.15) is 0 Å². The van der Waals surface area contributed by atoms with E-state index in [-0.39, 0.29) is 18.8 Å². The monoisotopic (exact) mass is 376 g/mol. The van der Waals surface area contributed by atoms with Crippen LogP contribution >= 0.6 is 0 Å². The number of carbonyl (C=O) groups is 2. The highest BCUT2D eigenvalue weighted by Crippen LogP contribution is 2.30.